The molecule has 0 atom stereocenters. The summed E-state index contributed by atoms with van der Waals surface area (Å²) in [6.07, 6.45) is 1.89. The number of benzene rings is 1. The van der Waals surface area contributed by atoms with Gasteiger partial charge in [-0.25, -0.2) is 10.3 Å². The van der Waals surface area contributed by atoms with Gasteiger partial charge in [-0.05, 0) is 18.2 Å². The first-order valence-corrected chi connectivity index (χ1v) is 4.27. The summed E-state index contributed by atoms with van der Waals surface area (Å²) in [5.74, 6) is 4.63. The zero-order valence-electron chi connectivity index (χ0n) is 7.83. The first-order valence-electron chi connectivity index (χ1n) is 4.27. The fourth-order valence-corrected chi connectivity index (χ4v) is 1.53. The van der Waals surface area contributed by atoms with Crippen molar-refractivity contribution in [2.45, 2.75) is 6.61 Å². The standard InChI is InChI=1S/C10H11FN2O/c1-13-3-2-7-4-9(11)8(6-14-12)5-10(7)13/h2-5H,6,12H2,1H3. The molecule has 4 heteroatoms. The molecule has 0 spiro atoms. The molecular weight excluding hydrogens is 183 g/mol. The summed E-state index contributed by atoms with van der Waals surface area (Å²) >= 11 is 0. The van der Waals surface area contributed by atoms with Crippen molar-refractivity contribution in [2.24, 2.45) is 12.9 Å². The molecule has 2 aromatic rings. The van der Waals surface area contributed by atoms with Crippen LogP contribution in [0.15, 0.2) is 24.4 Å². The van der Waals surface area contributed by atoms with Crippen LogP contribution >= 0.6 is 0 Å². The molecule has 3 nitrogen and oxygen atoms in total. The molecule has 74 valence electrons. The lowest BCUT2D eigenvalue weighted by Gasteiger charge is -2.03. The molecule has 0 radical (unpaired) electrons. The van der Waals surface area contributed by atoms with E-state index in [1.54, 1.807) is 6.07 Å². The highest BCUT2D eigenvalue weighted by Gasteiger charge is 2.06. The second-order valence-electron chi connectivity index (χ2n) is 3.24. The Morgan fingerprint density at radius 2 is 2.29 bits per heavy atom. The fraction of sp³-hybridized carbons (Fsp3) is 0.200. The van der Waals surface area contributed by atoms with E-state index in [2.05, 4.69) is 4.84 Å². The minimum atomic E-state index is -0.283. The average molecular weight is 194 g/mol. The van der Waals surface area contributed by atoms with Crippen LogP contribution in [0.5, 0.6) is 0 Å². The van der Waals surface area contributed by atoms with E-state index in [9.17, 15) is 4.39 Å². The van der Waals surface area contributed by atoms with E-state index in [4.69, 9.17) is 5.90 Å². The lowest BCUT2D eigenvalue weighted by molar-refractivity contribution is 0.121. The number of aryl methyl sites for hydroxylation is 1. The van der Waals surface area contributed by atoms with Crippen molar-refractivity contribution in [2.75, 3.05) is 0 Å². The van der Waals surface area contributed by atoms with E-state index >= 15 is 0 Å². The van der Waals surface area contributed by atoms with Crippen LogP contribution in [0.25, 0.3) is 10.9 Å². The topological polar surface area (TPSA) is 40.2 Å². The zero-order valence-corrected chi connectivity index (χ0v) is 7.83. The van der Waals surface area contributed by atoms with E-state index in [0.29, 0.717) is 5.56 Å². The lowest BCUT2D eigenvalue weighted by atomic mass is 10.1. The van der Waals surface area contributed by atoms with Crippen molar-refractivity contribution in [1.82, 2.24) is 4.57 Å². The van der Waals surface area contributed by atoms with Crippen LogP contribution in [0.3, 0.4) is 0 Å². The van der Waals surface area contributed by atoms with Crippen molar-refractivity contribution < 1.29 is 9.23 Å². The molecular formula is C10H11FN2O. The Labute approximate surface area is 80.8 Å². The van der Waals surface area contributed by atoms with Gasteiger partial charge >= 0.3 is 0 Å². The smallest absolute Gasteiger partial charge is 0.129 e. The van der Waals surface area contributed by atoms with E-state index in [1.807, 2.05) is 23.9 Å². The Hall–Kier alpha value is -1.39. The number of hydrogen-bond donors (Lipinski definition) is 1. The number of nitrogens with two attached hydrogens (primary N) is 1. The summed E-state index contributed by atoms with van der Waals surface area (Å²) in [5, 5.41) is 0.880. The van der Waals surface area contributed by atoms with Crippen molar-refractivity contribution in [3.8, 4) is 0 Å². The first-order chi connectivity index (χ1) is 6.72. The molecule has 1 aromatic carbocycles. The largest absolute Gasteiger partial charge is 0.351 e. The maximum Gasteiger partial charge on any atom is 0.129 e. The van der Waals surface area contributed by atoms with Crippen LogP contribution in [0.2, 0.25) is 0 Å². The molecule has 0 bridgehead atoms. The summed E-state index contributed by atoms with van der Waals surface area (Å²) in [7, 11) is 1.91. The number of hydrogen-bond acceptors (Lipinski definition) is 2. The quantitative estimate of drug-likeness (QED) is 0.739. The summed E-state index contributed by atoms with van der Waals surface area (Å²) < 4.78 is 15.3. The number of nitrogens with zero attached hydrogens (tertiary/aromatic N) is 1. The van der Waals surface area contributed by atoms with Gasteiger partial charge in [-0.2, -0.15) is 0 Å². The van der Waals surface area contributed by atoms with Gasteiger partial charge in [0.05, 0.1) is 6.61 Å². The van der Waals surface area contributed by atoms with Gasteiger partial charge in [0.25, 0.3) is 0 Å². The Morgan fingerprint density at radius 3 is 3.00 bits per heavy atom. The van der Waals surface area contributed by atoms with Gasteiger partial charge in [0.15, 0.2) is 0 Å². The monoisotopic (exact) mass is 194 g/mol. The Bertz CT molecular complexity index is 464. The minimum absolute atomic E-state index is 0.0902. The van der Waals surface area contributed by atoms with Gasteiger partial charge in [-0.1, -0.05) is 0 Å². The highest BCUT2D eigenvalue weighted by atomic mass is 19.1. The van der Waals surface area contributed by atoms with E-state index in [0.717, 1.165) is 10.9 Å². The number of rotatable bonds is 2. The molecule has 0 unspecified atom stereocenters. The number of halogens is 1. The summed E-state index contributed by atoms with van der Waals surface area (Å²) in [6.45, 7) is 0.0902. The minimum Gasteiger partial charge on any atom is -0.351 e. The maximum atomic E-state index is 13.4. The summed E-state index contributed by atoms with van der Waals surface area (Å²) in [6, 6.07) is 5.10. The molecule has 2 N–H and O–H groups in total. The van der Waals surface area contributed by atoms with Crippen LogP contribution in [0.4, 0.5) is 4.39 Å². The molecule has 0 fully saturated rings. The fourth-order valence-electron chi connectivity index (χ4n) is 1.53. The van der Waals surface area contributed by atoms with Gasteiger partial charge in [0, 0.05) is 29.7 Å². The molecule has 1 heterocycles. The molecule has 2 rings (SSSR count). The SMILES string of the molecule is Cn1ccc2cc(F)c(CON)cc21. The first kappa shape index (κ1) is 9.18. The third-order valence-corrected chi connectivity index (χ3v) is 2.29. The average Bonchev–Trinajstić information content (AvgIpc) is 2.49. The predicted octanol–water partition coefficient (Wildman–Crippen LogP) is 1.71. The van der Waals surface area contributed by atoms with Gasteiger partial charge in [0.1, 0.15) is 5.82 Å². The molecule has 1 aromatic heterocycles. The van der Waals surface area contributed by atoms with Crippen molar-refractivity contribution in [3.63, 3.8) is 0 Å². The van der Waals surface area contributed by atoms with Gasteiger partial charge < -0.3 is 4.57 Å². The van der Waals surface area contributed by atoms with Crippen LogP contribution < -0.4 is 5.90 Å². The third-order valence-electron chi connectivity index (χ3n) is 2.29. The molecule has 0 aliphatic carbocycles. The lowest BCUT2D eigenvalue weighted by Crippen LogP contribution is -2.01. The van der Waals surface area contributed by atoms with Crippen molar-refractivity contribution in [3.05, 3.63) is 35.8 Å². The van der Waals surface area contributed by atoms with E-state index in [1.165, 1.54) is 6.07 Å². The van der Waals surface area contributed by atoms with Crippen LogP contribution in [-0.4, -0.2) is 4.57 Å². The highest BCUT2D eigenvalue weighted by Crippen LogP contribution is 2.20. The van der Waals surface area contributed by atoms with Crippen LogP contribution in [-0.2, 0) is 18.5 Å². The second-order valence-corrected chi connectivity index (χ2v) is 3.24. The Balaban J connectivity index is 2.61. The zero-order chi connectivity index (χ0) is 10.1. The molecule has 0 saturated heterocycles. The predicted molar refractivity (Wildman–Crippen MR) is 51.9 cm³/mol. The van der Waals surface area contributed by atoms with Gasteiger partial charge in [0.2, 0.25) is 0 Å². The van der Waals surface area contributed by atoms with E-state index < -0.39 is 0 Å². The number of aromatic nitrogens is 1. The molecule has 14 heavy (non-hydrogen) atoms. The van der Waals surface area contributed by atoms with Gasteiger partial charge in [-0.3, -0.25) is 4.84 Å². The van der Waals surface area contributed by atoms with Crippen molar-refractivity contribution >= 4 is 10.9 Å². The highest BCUT2D eigenvalue weighted by molar-refractivity contribution is 5.80. The molecule has 0 saturated carbocycles. The Morgan fingerprint density at radius 1 is 1.50 bits per heavy atom. The van der Waals surface area contributed by atoms with E-state index in [-0.39, 0.29) is 12.4 Å². The number of fused-ring (bicyclic) bond motifs is 1. The summed E-state index contributed by atoms with van der Waals surface area (Å²) in [5.41, 5.74) is 1.44. The normalized spacial score (nSPS) is 11.1. The van der Waals surface area contributed by atoms with Crippen molar-refractivity contribution in [1.29, 1.82) is 0 Å². The molecule has 0 aliphatic rings. The third kappa shape index (κ3) is 1.38. The summed E-state index contributed by atoms with van der Waals surface area (Å²) in [4.78, 5) is 4.42. The maximum absolute atomic E-state index is 13.4. The molecule has 0 amide bonds. The van der Waals surface area contributed by atoms with Crippen LogP contribution in [0, 0.1) is 5.82 Å². The Kier molecular flexibility index (Phi) is 2.23. The second kappa shape index (κ2) is 3.40. The van der Waals surface area contributed by atoms with Gasteiger partial charge in [-0.15, -0.1) is 0 Å². The molecule has 0 aliphatic heterocycles. The van der Waals surface area contributed by atoms with Crippen LogP contribution in [0.1, 0.15) is 5.56 Å².